The smallest absolute Gasteiger partial charge is 0.274 e. The van der Waals surface area contributed by atoms with Crippen molar-refractivity contribution in [1.82, 2.24) is 0 Å². The summed E-state index contributed by atoms with van der Waals surface area (Å²) in [6, 6.07) is 20.4. The molecule has 0 saturated carbocycles. The Kier molecular flexibility index (Phi) is 3.85. The largest absolute Gasteiger partial charge is 0.274 e. The number of aryl methyl sites for hydroxylation is 1. The van der Waals surface area contributed by atoms with Gasteiger partial charge in [0.2, 0.25) is 11.8 Å². The highest BCUT2D eigenvalue weighted by Crippen LogP contribution is 2.66. The third-order valence-corrected chi connectivity index (χ3v) is 8.51. The minimum atomic E-state index is -0.836. The van der Waals surface area contributed by atoms with E-state index in [0.717, 1.165) is 27.2 Å². The molecule has 0 N–H and O–H groups in total. The first-order valence-electron chi connectivity index (χ1n) is 10.4. The van der Waals surface area contributed by atoms with Crippen molar-refractivity contribution in [3.8, 4) is 0 Å². The van der Waals surface area contributed by atoms with Crippen molar-refractivity contribution in [2.75, 3.05) is 4.90 Å². The normalized spacial score (nSPS) is 27.2. The first-order chi connectivity index (χ1) is 15.4. The van der Waals surface area contributed by atoms with Crippen molar-refractivity contribution in [1.29, 1.82) is 0 Å². The summed E-state index contributed by atoms with van der Waals surface area (Å²) >= 11 is 3.95. The third kappa shape index (κ3) is 2.19. The van der Waals surface area contributed by atoms with Crippen LogP contribution in [0.4, 0.5) is 11.4 Å². The summed E-state index contributed by atoms with van der Waals surface area (Å²) in [5.41, 5.74) is 4.71. The topological polar surface area (TPSA) is 80.5 Å². The lowest BCUT2D eigenvalue weighted by atomic mass is 9.55. The molecular formula is C25H17BrN2O4. The number of carbonyl (C=O) groups excluding carboxylic acids is 2. The molecule has 0 aromatic heterocycles. The maximum Gasteiger partial charge on any atom is 0.274 e. The Morgan fingerprint density at radius 1 is 0.938 bits per heavy atom. The van der Waals surface area contributed by atoms with Gasteiger partial charge in [-0.05, 0) is 35.2 Å². The van der Waals surface area contributed by atoms with Gasteiger partial charge in [0.25, 0.3) is 5.69 Å². The van der Waals surface area contributed by atoms with Crippen LogP contribution < -0.4 is 4.90 Å². The van der Waals surface area contributed by atoms with E-state index in [1.165, 1.54) is 6.07 Å². The van der Waals surface area contributed by atoms with Crippen LogP contribution >= 0.6 is 15.9 Å². The number of hydrogen-bond donors (Lipinski definition) is 0. The van der Waals surface area contributed by atoms with Gasteiger partial charge in [-0.1, -0.05) is 70.5 Å². The number of nitro groups is 1. The number of imide groups is 1. The van der Waals surface area contributed by atoms with E-state index < -0.39 is 21.1 Å². The van der Waals surface area contributed by atoms with Crippen molar-refractivity contribution in [3.05, 3.63) is 105 Å². The molecule has 6 nitrogen and oxygen atoms in total. The van der Waals surface area contributed by atoms with Gasteiger partial charge in [0.1, 0.15) is 0 Å². The first kappa shape index (κ1) is 19.4. The van der Waals surface area contributed by atoms with Crippen molar-refractivity contribution in [3.63, 3.8) is 0 Å². The summed E-state index contributed by atoms with van der Waals surface area (Å²) in [6.45, 7) is 1.64. The number of carbonyl (C=O) groups is 2. The molecule has 4 aliphatic rings. The molecule has 2 bridgehead atoms. The lowest BCUT2D eigenvalue weighted by molar-refractivity contribution is -0.385. The number of halogens is 1. The molecule has 32 heavy (non-hydrogen) atoms. The van der Waals surface area contributed by atoms with Gasteiger partial charge in [0, 0.05) is 17.5 Å². The summed E-state index contributed by atoms with van der Waals surface area (Å²) in [6.07, 6.45) is 0. The van der Waals surface area contributed by atoms with Gasteiger partial charge >= 0.3 is 0 Å². The van der Waals surface area contributed by atoms with E-state index in [9.17, 15) is 19.7 Å². The van der Waals surface area contributed by atoms with Crippen molar-refractivity contribution in [2.24, 2.45) is 11.8 Å². The number of alkyl halides is 1. The number of nitrogens with zero attached hydrogens (tertiary/aromatic N) is 2. The van der Waals surface area contributed by atoms with Crippen LogP contribution in [0.25, 0.3) is 0 Å². The number of benzene rings is 3. The van der Waals surface area contributed by atoms with Gasteiger partial charge in [0.05, 0.1) is 26.8 Å². The first-order valence-corrected chi connectivity index (χ1v) is 11.2. The molecule has 7 heteroatoms. The average molecular weight is 489 g/mol. The molecule has 0 radical (unpaired) electrons. The van der Waals surface area contributed by atoms with E-state index in [2.05, 4.69) is 15.9 Å². The molecule has 1 aliphatic heterocycles. The van der Waals surface area contributed by atoms with E-state index >= 15 is 0 Å². The van der Waals surface area contributed by atoms with Crippen LogP contribution in [0.1, 0.15) is 33.7 Å². The van der Waals surface area contributed by atoms with Crippen molar-refractivity contribution >= 4 is 39.1 Å². The lowest BCUT2D eigenvalue weighted by Crippen LogP contribution is -2.50. The zero-order valence-corrected chi connectivity index (χ0v) is 18.6. The maximum atomic E-state index is 13.8. The highest BCUT2D eigenvalue weighted by Gasteiger charge is 2.67. The standard InChI is InChI=1S/C25H17BrN2O4/c1-13-10-11-14(12-19(13)28(31)32)27-23(29)21-20-15-6-2-4-8-17(15)25(26,22(21)24(27)30)18-9-5-3-7-16(18)20/h2-12,20-22H,1H3/t20?,21-,22-,25?/m1/s1. The fourth-order valence-electron chi connectivity index (χ4n) is 5.87. The van der Waals surface area contributed by atoms with Crippen molar-refractivity contribution in [2.45, 2.75) is 17.2 Å². The van der Waals surface area contributed by atoms with E-state index in [4.69, 9.17) is 0 Å². The second kappa shape index (κ2) is 6.36. The lowest BCUT2D eigenvalue weighted by Gasteiger charge is -2.51. The average Bonchev–Trinajstić information content (AvgIpc) is 3.06. The van der Waals surface area contributed by atoms with Crippen LogP contribution in [0.3, 0.4) is 0 Å². The molecule has 2 atom stereocenters. The SMILES string of the molecule is Cc1ccc(N2C(=O)[C@@H]3C4c5ccccc5C(Br)(c5ccccc54)[C@H]3C2=O)cc1[N+](=O)[O-]. The second-order valence-electron chi connectivity index (χ2n) is 8.61. The molecule has 3 aliphatic carbocycles. The van der Waals surface area contributed by atoms with Gasteiger partial charge < -0.3 is 0 Å². The molecule has 1 fully saturated rings. The minimum absolute atomic E-state index is 0.110. The maximum absolute atomic E-state index is 13.8. The number of anilines is 1. The molecule has 3 aromatic rings. The highest BCUT2D eigenvalue weighted by atomic mass is 79.9. The molecule has 2 amide bonds. The molecule has 0 spiro atoms. The van der Waals surface area contributed by atoms with Crippen LogP contribution in [0.2, 0.25) is 0 Å². The Hall–Kier alpha value is -3.32. The minimum Gasteiger partial charge on any atom is -0.274 e. The number of rotatable bonds is 2. The van der Waals surface area contributed by atoms with Crippen LogP contribution in [0.15, 0.2) is 66.7 Å². The van der Waals surface area contributed by atoms with E-state index in [-0.39, 0.29) is 29.1 Å². The summed E-state index contributed by atoms with van der Waals surface area (Å²) in [4.78, 5) is 39.8. The number of amides is 2. The fourth-order valence-corrected chi connectivity index (χ4v) is 7.07. The quantitative estimate of drug-likeness (QED) is 0.224. The Bertz CT molecular complexity index is 1320. The molecule has 0 unspecified atom stereocenters. The van der Waals surface area contributed by atoms with E-state index in [1.807, 2.05) is 48.5 Å². The van der Waals surface area contributed by atoms with Gasteiger partial charge in [-0.25, -0.2) is 4.90 Å². The zero-order valence-electron chi connectivity index (χ0n) is 17.0. The van der Waals surface area contributed by atoms with Gasteiger partial charge in [-0.2, -0.15) is 0 Å². The predicted octanol–water partition coefficient (Wildman–Crippen LogP) is 4.81. The Balaban J connectivity index is 1.58. The molecule has 7 rings (SSSR count). The Morgan fingerprint density at radius 3 is 2.12 bits per heavy atom. The monoisotopic (exact) mass is 488 g/mol. The molecule has 158 valence electrons. The zero-order chi connectivity index (χ0) is 22.4. The predicted molar refractivity (Wildman–Crippen MR) is 122 cm³/mol. The number of nitro benzene ring substituents is 1. The van der Waals surface area contributed by atoms with E-state index in [0.29, 0.717) is 5.56 Å². The molecule has 3 aromatic carbocycles. The van der Waals surface area contributed by atoms with Crippen LogP contribution in [0.5, 0.6) is 0 Å². The van der Waals surface area contributed by atoms with Crippen LogP contribution in [0, 0.1) is 28.9 Å². The van der Waals surface area contributed by atoms with E-state index in [1.54, 1.807) is 19.1 Å². The third-order valence-electron chi connectivity index (χ3n) is 7.16. The summed E-state index contributed by atoms with van der Waals surface area (Å²) < 4.78 is -0.836. The van der Waals surface area contributed by atoms with Gasteiger partial charge in [-0.15, -0.1) is 0 Å². The Morgan fingerprint density at radius 2 is 1.53 bits per heavy atom. The van der Waals surface area contributed by atoms with Crippen molar-refractivity contribution < 1.29 is 14.5 Å². The second-order valence-corrected chi connectivity index (χ2v) is 9.86. The Labute approximate surface area is 192 Å². The molecule has 1 heterocycles. The van der Waals surface area contributed by atoms with Crippen LogP contribution in [-0.4, -0.2) is 16.7 Å². The molecule has 1 saturated heterocycles. The summed E-state index contributed by atoms with van der Waals surface area (Å²) in [5.74, 6) is -2.09. The van der Waals surface area contributed by atoms with Gasteiger partial charge in [-0.3, -0.25) is 19.7 Å². The summed E-state index contributed by atoms with van der Waals surface area (Å²) in [7, 11) is 0. The number of hydrogen-bond acceptors (Lipinski definition) is 4. The van der Waals surface area contributed by atoms with Crippen LogP contribution in [-0.2, 0) is 13.9 Å². The molecular weight excluding hydrogens is 472 g/mol. The highest BCUT2D eigenvalue weighted by molar-refractivity contribution is 9.09. The summed E-state index contributed by atoms with van der Waals surface area (Å²) in [5, 5.41) is 11.5. The van der Waals surface area contributed by atoms with Gasteiger partial charge in [0.15, 0.2) is 0 Å². The fraction of sp³-hybridized carbons (Fsp3) is 0.200.